The summed E-state index contributed by atoms with van der Waals surface area (Å²) in [6.07, 6.45) is 20.5. The van der Waals surface area contributed by atoms with Gasteiger partial charge in [-0.2, -0.15) is 0 Å². The maximum atomic E-state index is 11.3. The Labute approximate surface area is 143 Å². The fourth-order valence-electron chi connectivity index (χ4n) is 2.74. The monoisotopic (exact) mass is 326 g/mol. The second-order valence-corrected chi connectivity index (χ2v) is 6.42. The van der Waals surface area contributed by atoms with Gasteiger partial charge in [0.05, 0.1) is 19.6 Å². The van der Waals surface area contributed by atoms with Gasteiger partial charge in [0.25, 0.3) is 0 Å². The highest BCUT2D eigenvalue weighted by atomic mass is 16.5. The van der Waals surface area contributed by atoms with Gasteiger partial charge in [0.1, 0.15) is 0 Å². The standard InChI is InChI=1S/C20H38O3/c1-3-4-5-6-7-8-9-10-11-12-13-14-15-16-17-19(18-21)20(22)23-2/h10-11,19,21H,3-9,12-18H2,1-2H3/b11-10-/t19-/m0/s1. The molecule has 0 bridgehead atoms. The summed E-state index contributed by atoms with van der Waals surface area (Å²) >= 11 is 0. The minimum Gasteiger partial charge on any atom is -0.469 e. The van der Waals surface area contributed by atoms with Crippen molar-refractivity contribution < 1.29 is 14.6 Å². The minimum atomic E-state index is -0.336. The van der Waals surface area contributed by atoms with Crippen LogP contribution in [0.3, 0.4) is 0 Å². The van der Waals surface area contributed by atoms with Crippen molar-refractivity contribution in [3.63, 3.8) is 0 Å². The predicted molar refractivity (Wildman–Crippen MR) is 97.4 cm³/mol. The SMILES string of the molecule is CCCCCCCC/C=C\CCCCCC[C@@H](CO)C(=O)OC. The van der Waals surface area contributed by atoms with Crippen LogP contribution >= 0.6 is 0 Å². The molecule has 0 saturated carbocycles. The Morgan fingerprint density at radius 1 is 0.913 bits per heavy atom. The fraction of sp³-hybridized carbons (Fsp3) is 0.850. The van der Waals surface area contributed by atoms with Crippen LogP contribution in [0, 0.1) is 5.92 Å². The van der Waals surface area contributed by atoms with E-state index in [1.54, 1.807) is 0 Å². The molecule has 0 rings (SSSR count). The van der Waals surface area contributed by atoms with E-state index in [1.165, 1.54) is 64.9 Å². The summed E-state index contributed by atoms with van der Waals surface area (Å²) in [6, 6.07) is 0. The van der Waals surface area contributed by atoms with Crippen molar-refractivity contribution in [2.24, 2.45) is 5.92 Å². The number of ether oxygens (including phenoxy) is 1. The van der Waals surface area contributed by atoms with E-state index in [2.05, 4.69) is 23.8 Å². The highest BCUT2D eigenvalue weighted by Gasteiger charge is 2.16. The molecule has 1 atom stereocenters. The zero-order valence-electron chi connectivity index (χ0n) is 15.4. The molecular formula is C20H38O3. The first kappa shape index (κ1) is 22.2. The number of allylic oxidation sites excluding steroid dienone is 2. The third-order valence-electron chi connectivity index (χ3n) is 4.32. The highest BCUT2D eigenvalue weighted by molar-refractivity contribution is 5.72. The molecule has 0 radical (unpaired) electrons. The highest BCUT2D eigenvalue weighted by Crippen LogP contribution is 2.13. The number of aliphatic hydroxyl groups is 1. The van der Waals surface area contributed by atoms with Crippen molar-refractivity contribution >= 4 is 5.97 Å². The van der Waals surface area contributed by atoms with Gasteiger partial charge < -0.3 is 9.84 Å². The number of rotatable bonds is 16. The number of aliphatic hydroxyl groups excluding tert-OH is 1. The average Bonchev–Trinajstić information content (AvgIpc) is 2.58. The van der Waals surface area contributed by atoms with E-state index in [0.29, 0.717) is 0 Å². The van der Waals surface area contributed by atoms with Crippen molar-refractivity contribution in [1.29, 1.82) is 0 Å². The van der Waals surface area contributed by atoms with E-state index >= 15 is 0 Å². The Morgan fingerprint density at radius 2 is 1.43 bits per heavy atom. The number of methoxy groups -OCH3 is 1. The molecule has 0 aromatic heterocycles. The summed E-state index contributed by atoms with van der Waals surface area (Å²) < 4.78 is 4.66. The molecule has 0 amide bonds. The summed E-state index contributed by atoms with van der Waals surface area (Å²) in [7, 11) is 1.38. The summed E-state index contributed by atoms with van der Waals surface area (Å²) in [4.78, 5) is 11.3. The van der Waals surface area contributed by atoms with Gasteiger partial charge in [0.2, 0.25) is 0 Å². The van der Waals surface area contributed by atoms with Crippen LogP contribution in [0.2, 0.25) is 0 Å². The lowest BCUT2D eigenvalue weighted by Gasteiger charge is -2.10. The topological polar surface area (TPSA) is 46.5 Å². The Morgan fingerprint density at radius 3 is 1.96 bits per heavy atom. The zero-order chi connectivity index (χ0) is 17.2. The lowest BCUT2D eigenvalue weighted by molar-refractivity contribution is -0.147. The number of esters is 1. The van der Waals surface area contributed by atoms with Crippen LogP contribution in [-0.4, -0.2) is 24.8 Å². The van der Waals surface area contributed by atoms with Gasteiger partial charge in [-0.25, -0.2) is 0 Å². The van der Waals surface area contributed by atoms with Crippen molar-refractivity contribution in [2.45, 2.75) is 90.4 Å². The zero-order valence-corrected chi connectivity index (χ0v) is 15.4. The molecule has 3 nitrogen and oxygen atoms in total. The van der Waals surface area contributed by atoms with Crippen molar-refractivity contribution in [2.75, 3.05) is 13.7 Å². The summed E-state index contributed by atoms with van der Waals surface area (Å²) in [5, 5.41) is 9.12. The minimum absolute atomic E-state index is 0.103. The summed E-state index contributed by atoms with van der Waals surface area (Å²) in [6.45, 7) is 2.15. The third-order valence-corrected chi connectivity index (χ3v) is 4.32. The fourth-order valence-corrected chi connectivity index (χ4v) is 2.74. The smallest absolute Gasteiger partial charge is 0.310 e. The number of hydrogen-bond acceptors (Lipinski definition) is 3. The van der Waals surface area contributed by atoms with Crippen LogP contribution in [0.25, 0.3) is 0 Å². The number of carbonyl (C=O) groups is 1. The van der Waals surface area contributed by atoms with Gasteiger partial charge in [0.15, 0.2) is 0 Å². The quantitative estimate of drug-likeness (QED) is 0.234. The largest absolute Gasteiger partial charge is 0.469 e. The molecule has 23 heavy (non-hydrogen) atoms. The molecule has 3 heteroatoms. The Hall–Kier alpha value is -0.830. The van der Waals surface area contributed by atoms with Crippen molar-refractivity contribution in [3.8, 4) is 0 Å². The molecule has 0 spiro atoms. The number of carbonyl (C=O) groups excluding carboxylic acids is 1. The first-order valence-corrected chi connectivity index (χ1v) is 9.59. The molecular weight excluding hydrogens is 288 g/mol. The summed E-state index contributed by atoms with van der Waals surface area (Å²) in [5.74, 6) is -0.623. The molecule has 0 heterocycles. The third kappa shape index (κ3) is 14.5. The molecule has 0 unspecified atom stereocenters. The Balaban J connectivity index is 3.32. The van der Waals surface area contributed by atoms with Gasteiger partial charge in [-0.3, -0.25) is 4.79 Å². The van der Waals surface area contributed by atoms with Gasteiger partial charge >= 0.3 is 5.97 Å². The molecule has 0 aromatic carbocycles. The van der Waals surface area contributed by atoms with E-state index in [0.717, 1.165) is 25.7 Å². The molecule has 0 saturated heterocycles. The molecule has 0 aliphatic heterocycles. The lowest BCUT2D eigenvalue weighted by Crippen LogP contribution is -2.19. The van der Waals surface area contributed by atoms with E-state index < -0.39 is 0 Å². The second-order valence-electron chi connectivity index (χ2n) is 6.42. The van der Waals surface area contributed by atoms with Crippen LogP contribution < -0.4 is 0 Å². The van der Waals surface area contributed by atoms with Crippen molar-refractivity contribution in [3.05, 3.63) is 12.2 Å². The Bertz CT molecular complexity index is 287. The van der Waals surface area contributed by atoms with Gasteiger partial charge in [-0.15, -0.1) is 0 Å². The molecule has 0 aliphatic carbocycles. The molecule has 0 aliphatic rings. The van der Waals surface area contributed by atoms with E-state index in [9.17, 15) is 4.79 Å². The Kier molecular flexibility index (Phi) is 16.9. The van der Waals surface area contributed by atoms with Crippen LogP contribution in [0.4, 0.5) is 0 Å². The van der Waals surface area contributed by atoms with E-state index in [1.807, 2.05) is 0 Å². The summed E-state index contributed by atoms with van der Waals surface area (Å²) in [5.41, 5.74) is 0. The molecule has 136 valence electrons. The second kappa shape index (κ2) is 17.5. The lowest BCUT2D eigenvalue weighted by atomic mass is 10.0. The van der Waals surface area contributed by atoms with Crippen LogP contribution in [-0.2, 0) is 9.53 Å². The van der Waals surface area contributed by atoms with Crippen molar-refractivity contribution in [1.82, 2.24) is 0 Å². The predicted octanol–water partition coefficient (Wildman–Crippen LogP) is 5.42. The number of unbranched alkanes of at least 4 members (excludes halogenated alkanes) is 10. The van der Waals surface area contributed by atoms with Crippen LogP contribution in [0.15, 0.2) is 12.2 Å². The molecule has 1 N–H and O–H groups in total. The van der Waals surface area contributed by atoms with E-state index in [-0.39, 0.29) is 18.5 Å². The van der Waals surface area contributed by atoms with E-state index in [4.69, 9.17) is 5.11 Å². The van der Waals surface area contributed by atoms with Crippen LogP contribution in [0.5, 0.6) is 0 Å². The average molecular weight is 327 g/mol. The molecule has 0 fully saturated rings. The van der Waals surface area contributed by atoms with Gasteiger partial charge in [-0.05, 0) is 32.1 Å². The maximum absolute atomic E-state index is 11.3. The number of hydrogen-bond donors (Lipinski definition) is 1. The molecule has 0 aromatic rings. The normalized spacial score (nSPS) is 12.7. The first-order chi connectivity index (χ1) is 11.3. The van der Waals surface area contributed by atoms with Gasteiger partial charge in [-0.1, -0.05) is 70.4 Å². The van der Waals surface area contributed by atoms with Gasteiger partial charge in [0, 0.05) is 0 Å². The first-order valence-electron chi connectivity index (χ1n) is 9.59. The van der Waals surface area contributed by atoms with Crippen LogP contribution in [0.1, 0.15) is 90.4 Å². The maximum Gasteiger partial charge on any atom is 0.310 e.